The molecule has 2 heterocycles. The van der Waals surface area contributed by atoms with Crippen molar-refractivity contribution in [1.29, 1.82) is 0 Å². The standard InChI is InChI=1S/C15H18O2/c1-11(12-6-3-2-4-7-12)14-10-17-15-13(14)8-5-9-16-15/h2-4,6-7,11,14H,5,8-10H2,1H3. The first kappa shape index (κ1) is 10.7. The van der Waals surface area contributed by atoms with E-state index >= 15 is 0 Å². The molecule has 0 fully saturated rings. The maximum atomic E-state index is 5.67. The maximum Gasteiger partial charge on any atom is 0.278 e. The highest BCUT2D eigenvalue weighted by atomic mass is 16.7. The quantitative estimate of drug-likeness (QED) is 0.774. The van der Waals surface area contributed by atoms with Crippen LogP contribution < -0.4 is 0 Å². The van der Waals surface area contributed by atoms with Crippen molar-refractivity contribution in [2.75, 3.05) is 13.2 Å². The van der Waals surface area contributed by atoms with Gasteiger partial charge in [0.15, 0.2) is 0 Å². The van der Waals surface area contributed by atoms with Crippen LogP contribution in [-0.2, 0) is 9.47 Å². The van der Waals surface area contributed by atoms with E-state index in [-0.39, 0.29) is 0 Å². The molecule has 2 nitrogen and oxygen atoms in total. The Balaban J connectivity index is 1.84. The zero-order chi connectivity index (χ0) is 11.7. The van der Waals surface area contributed by atoms with Crippen molar-refractivity contribution in [2.24, 2.45) is 5.92 Å². The van der Waals surface area contributed by atoms with Crippen LogP contribution in [0.2, 0.25) is 0 Å². The molecule has 17 heavy (non-hydrogen) atoms. The van der Waals surface area contributed by atoms with E-state index in [2.05, 4.69) is 37.3 Å². The van der Waals surface area contributed by atoms with Crippen molar-refractivity contribution in [1.82, 2.24) is 0 Å². The van der Waals surface area contributed by atoms with Crippen molar-refractivity contribution >= 4 is 0 Å². The molecule has 90 valence electrons. The molecule has 0 N–H and O–H groups in total. The maximum absolute atomic E-state index is 5.67. The lowest BCUT2D eigenvalue weighted by molar-refractivity contribution is 0.0408. The van der Waals surface area contributed by atoms with Gasteiger partial charge in [0.2, 0.25) is 0 Å². The first-order chi connectivity index (χ1) is 8.36. The minimum Gasteiger partial charge on any atom is -0.465 e. The zero-order valence-electron chi connectivity index (χ0n) is 10.2. The number of benzene rings is 1. The zero-order valence-corrected chi connectivity index (χ0v) is 10.2. The van der Waals surface area contributed by atoms with Crippen molar-refractivity contribution in [3.05, 3.63) is 47.4 Å². The van der Waals surface area contributed by atoms with E-state index in [1.54, 1.807) is 0 Å². The van der Waals surface area contributed by atoms with Crippen LogP contribution in [0.5, 0.6) is 0 Å². The van der Waals surface area contributed by atoms with Gasteiger partial charge in [0.25, 0.3) is 5.95 Å². The second kappa shape index (κ2) is 4.44. The van der Waals surface area contributed by atoms with Gasteiger partial charge in [-0.25, -0.2) is 0 Å². The summed E-state index contributed by atoms with van der Waals surface area (Å²) in [5.41, 5.74) is 2.79. The van der Waals surface area contributed by atoms with E-state index in [0.717, 1.165) is 32.0 Å². The van der Waals surface area contributed by atoms with Crippen LogP contribution in [0, 0.1) is 5.92 Å². The Labute approximate surface area is 102 Å². The van der Waals surface area contributed by atoms with Gasteiger partial charge in [0.1, 0.15) is 0 Å². The van der Waals surface area contributed by atoms with Crippen LogP contribution >= 0.6 is 0 Å². The van der Waals surface area contributed by atoms with Crippen LogP contribution in [-0.4, -0.2) is 13.2 Å². The summed E-state index contributed by atoms with van der Waals surface area (Å²) in [7, 11) is 0. The number of ether oxygens (including phenoxy) is 2. The fraction of sp³-hybridized carbons (Fsp3) is 0.467. The van der Waals surface area contributed by atoms with E-state index in [1.807, 2.05) is 0 Å². The lowest BCUT2D eigenvalue weighted by Crippen LogP contribution is -2.15. The fourth-order valence-corrected chi connectivity index (χ4v) is 2.79. The van der Waals surface area contributed by atoms with Gasteiger partial charge in [-0.2, -0.15) is 0 Å². The SMILES string of the molecule is CC(c1ccccc1)C1COC2=C1CCCO2. The largest absolute Gasteiger partial charge is 0.465 e. The Hall–Kier alpha value is -1.44. The lowest BCUT2D eigenvalue weighted by atomic mass is 9.82. The first-order valence-electron chi connectivity index (χ1n) is 6.40. The average molecular weight is 230 g/mol. The summed E-state index contributed by atoms with van der Waals surface area (Å²) in [4.78, 5) is 0. The molecule has 0 aliphatic carbocycles. The van der Waals surface area contributed by atoms with Crippen molar-refractivity contribution < 1.29 is 9.47 Å². The smallest absolute Gasteiger partial charge is 0.278 e. The molecule has 2 aliphatic rings. The van der Waals surface area contributed by atoms with Crippen molar-refractivity contribution in [3.63, 3.8) is 0 Å². The minimum absolute atomic E-state index is 0.493. The Bertz CT molecular complexity index is 422. The molecule has 2 aliphatic heterocycles. The topological polar surface area (TPSA) is 18.5 Å². The molecular weight excluding hydrogens is 212 g/mol. The highest BCUT2D eigenvalue weighted by Gasteiger charge is 2.34. The first-order valence-corrected chi connectivity index (χ1v) is 6.40. The number of rotatable bonds is 2. The normalized spacial score (nSPS) is 24.9. The van der Waals surface area contributed by atoms with Gasteiger partial charge in [-0.05, 0) is 24.3 Å². The fourth-order valence-electron chi connectivity index (χ4n) is 2.79. The molecule has 2 heteroatoms. The second-order valence-electron chi connectivity index (χ2n) is 4.88. The molecule has 0 radical (unpaired) electrons. The Morgan fingerprint density at radius 3 is 2.82 bits per heavy atom. The van der Waals surface area contributed by atoms with E-state index in [4.69, 9.17) is 9.47 Å². The van der Waals surface area contributed by atoms with Crippen LogP contribution in [0.4, 0.5) is 0 Å². The van der Waals surface area contributed by atoms with E-state index < -0.39 is 0 Å². The second-order valence-corrected chi connectivity index (χ2v) is 4.88. The predicted molar refractivity (Wildman–Crippen MR) is 66.5 cm³/mol. The number of hydrogen-bond donors (Lipinski definition) is 0. The monoisotopic (exact) mass is 230 g/mol. The van der Waals surface area contributed by atoms with Crippen LogP contribution in [0.1, 0.15) is 31.2 Å². The van der Waals surface area contributed by atoms with Crippen molar-refractivity contribution in [2.45, 2.75) is 25.7 Å². The summed E-state index contributed by atoms with van der Waals surface area (Å²) >= 11 is 0. The lowest BCUT2D eigenvalue weighted by Gasteiger charge is -2.22. The van der Waals surface area contributed by atoms with Gasteiger partial charge < -0.3 is 9.47 Å². The van der Waals surface area contributed by atoms with Crippen LogP contribution in [0.25, 0.3) is 0 Å². The summed E-state index contributed by atoms with van der Waals surface area (Å²) in [6, 6.07) is 10.7. The molecule has 0 bridgehead atoms. The van der Waals surface area contributed by atoms with Crippen molar-refractivity contribution in [3.8, 4) is 0 Å². The van der Waals surface area contributed by atoms with E-state index in [0.29, 0.717) is 11.8 Å². The molecule has 2 atom stereocenters. The third kappa shape index (κ3) is 1.92. The summed E-state index contributed by atoms with van der Waals surface area (Å²) in [5.74, 6) is 1.82. The number of hydrogen-bond acceptors (Lipinski definition) is 2. The summed E-state index contributed by atoms with van der Waals surface area (Å²) < 4.78 is 11.2. The third-order valence-corrected chi connectivity index (χ3v) is 3.86. The average Bonchev–Trinajstić information content (AvgIpc) is 2.83. The van der Waals surface area contributed by atoms with E-state index in [9.17, 15) is 0 Å². The molecule has 1 aromatic rings. The minimum atomic E-state index is 0.493. The Morgan fingerprint density at radius 2 is 2.00 bits per heavy atom. The molecule has 1 aromatic carbocycles. The predicted octanol–water partition coefficient (Wildman–Crippen LogP) is 3.46. The highest BCUT2D eigenvalue weighted by Crippen LogP contribution is 2.40. The summed E-state index contributed by atoms with van der Waals surface area (Å²) in [5, 5.41) is 0. The van der Waals surface area contributed by atoms with Crippen LogP contribution in [0.15, 0.2) is 41.9 Å². The molecule has 0 saturated carbocycles. The molecule has 0 amide bonds. The van der Waals surface area contributed by atoms with Gasteiger partial charge in [0.05, 0.1) is 13.2 Å². The van der Waals surface area contributed by atoms with Gasteiger partial charge in [-0.1, -0.05) is 37.3 Å². The van der Waals surface area contributed by atoms with E-state index in [1.165, 1.54) is 11.1 Å². The van der Waals surface area contributed by atoms with Gasteiger partial charge in [-0.15, -0.1) is 0 Å². The highest BCUT2D eigenvalue weighted by molar-refractivity contribution is 5.26. The molecular formula is C15H18O2. The van der Waals surface area contributed by atoms with Crippen LogP contribution in [0.3, 0.4) is 0 Å². The molecule has 0 saturated heterocycles. The van der Waals surface area contributed by atoms with Gasteiger partial charge >= 0.3 is 0 Å². The molecule has 0 aromatic heterocycles. The third-order valence-electron chi connectivity index (χ3n) is 3.86. The Kier molecular flexibility index (Phi) is 2.79. The van der Waals surface area contributed by atoms with Gasteiger partial charge in [-0.3, -0.25) is 0 Å². The Morgan fingerprint density at radius 1 is 1.18 bits per heavy atom. The molecule has 2 unspecified atom stereocenters. The van der Waals surface area contributed by atoms with Gasteiger partial charge in [0, 0.05) is 11.5 Å². The molecule has 0 spiro atoms. The molecule has 3 rings (SSSR count). The summed E-state index contributed by atoms with van der Waals surface area (Å²) in [6.45, 7) is 3.87. The summed E-state index contributed by atoms with van der Waals surface area (Å²) in [6.07, 6.45) is 2.26.